The molecule has 0 radical (unpaired) electrons. The molecule has 0 aromatic heterocycles. The number of nitrogens with zero attached hydrogens (tertiary/aromatic N) is 1. The Labute approximate surface area is 105 Å². The predicted octanol–water partition coefficient (Wildman–Crippen LogP) is 1.77. The maximum Gasteiger partial charge on any atom is 0.0819 e. The van der Waals surface area contributed by atoms with Gasteiger partial charge < -0.3 is 10.1 Å². The molecular weight excluding hydrogens is 212 g/mol. The highest BCUT2D eigenvalue weighted by atomic mass is 16.5. The zero-order valence-electron chi connectivity index (χ0n) is 11.3. The highest BCUT2D eigenvalue weighted by molar-refractivity contribution is 5.07. The number of likely N-dealkylation sites (N-methyl/N-ethyl adjacent to an activating group) is 1. The number of nitrogens with one attached hydrogen (secondary N) is 1. The summed E-state index contributed by atoms with van der Waals surface area (Å²) in [7, 11) is 2.09. The quantitative estimate of drug-likeness (QED) is 0.793. The van der Waals surface area contributed by atoms with E-state index in [1.165, 1.54) is 58.2 Å². The molecule has 1 aliphatic heterocycles. The summed E-state index contributed by atoms with van der Waals surface area (Å²) in [5.74, 6) is 0. The van der Waals surface area contributed by atoms with Gasteiger partial charge in [-0.1, -0.05) is 6.92 Å². The maximum absolute atomic E-state index is 6.57. The third-order valence-corrected chi connectivity index (χ3v) is 5.02. The van der Waals surface area contributed by atoms with Gasteiger partial charge in [0.05, 0.1) is 11.2 Å². The van der Waals surface area contributed by atoms with E-state index in [9.17, 15) is 0 Å². The first kappa shape index (κ1) is 11.9. The Morgan fingerprint density at radius 1 is 1.12 bits per heavy atom. The number of morpholine rings is 1. The van der Waals surface area contributed by atoms with Gasteiger partial charge >= 0.3 is 0 Å². The summed E-state index contributed by atoms with van der Waals surface area (Å²) >= 11 is 0. The molecule has 0 aromatic carbocycles. The summed E-state index contributed by atoms with van der Waals surface area (Å²) < 4.78 is 6.57. The zero-order valence-corrected chi connectivity index (χ0v) is 11.3. The average molecular weight is 238 g/mol. The first-order chi connectivity index (χ1) is 8.19. The second-order valence-corrected chi connectivity index (χ2v) is 6.33. The van der Waals surface area contributed by atoms with Crippen LogP contribution in [0.1, 0.15) is 45.4 Å². The minimum Gasteiger partial charge on any atom is -0.366 e. The summed E-state index contributed by atoms with van der Waals surface area (Å²) in [4.78, 5) is 2.62. The number of hydrogen-bond donors (Lipinski definition) is 1. The van der Waals surface area contributed by atoms with E-state index in [-0.39, 0.29) is 11.2 Å². The molecule has 3 rings (SSSR count). The molecule has 0 unspecified atom stereocenters. The van der Waals surface area contributed by atoms with Gasteiger partial charge in [-0.15, -0.1) is 0 Å². The van der Waals surface area contributed by atoms with E-state index in [1.54, 1.807) is 0 Å². The summed E-state index contributed by atoms with van der Waals surface area (Å²) in [5.41, 5.74) is 0.457. The molecule has 2 aliphatic carbocycles. The van der Waals surface area contributed by atoms with Gasteiger partial charge in [0.15, 0.2) is 0 Å². The van der Waals surface area contributed by atoms with Crippen LogP contribution in [0, 0.1) is 0 Å². The van der Waals surface area contributed by atoms with Crippen LogP contribution in [0.15, 0.2) is 0 Å². The van der Waals surface area contributed by atoms with Crippen LogP contribution in [-0.4, -0.2) is 48.8 Å². The Balaban J connectivity index is 1.69. The number of ether oxygens (including phenoxy) is 1. The van der Waals surface area contributed by atoms with Gasteiger partial charge in [0, 0.05) is 19.1 Å². The third kappa shape index (κ3) is 2.25. The average Bonchev–Trinajstić information content (AvgIpc) is 3.08. The molecule has 3 nitrogen and oxygen atoms in total. The fraction of sp³-hybridized carbons (Fsp3) is 1.00. The van der Waals surface area contributed by atoms with Crippen molar-refractivity contribution in [2.75, 3.05) is 26.7 Å². The standard InChI is InChI=1S/C14H26N2O/c1-3-16-10-13(17-14(11-16)8-9-14)6-4-12(15-2)5-7-13/h12,15H,3-11H2,1-2H3/t12-,13-. The molecule has 2 spiro atoms. The van der Waals surface area contributed by atoms with E-state index >= 15 is 0 Å². The minimum absolute atomic E-state index is 0.193. The monoisotopic (exact) mass is 238 g/mol. The highest BCUT2D eigenvalue weighted by Gasteiger charge is 2.55. The molecule has 98 valence electrons. The molecule has 0 atom stereocenters. The predicted molar refractivity (Wildman–Crippen MR) is 69.2 cm³/mol. The number of hydrogen-bond acceptors (Lipinski definition) is 3. The molecule has 17 heavy (non-hydrogen) atoms. The van der Waals surface area contributed by atoms with Crippen LogP contribution in [0.2, 0.25) is 0 Å². The molecule has 1 saturated heterocycles. The van der Waals surface area contributed by atoms with Gasteiger partial charge in [-0.2, -0.15) is 0 Å². The Morgan fingerprint density at radius 3 is 2.18 bits per heavy atom. The first-order valence-electron chi connectivity index (χ1n) is 7.29. The van der Waals surface area contributed by atoms with Crippen LogP contribution < -0.4 is 5.32 Å². The lowest BCUT2D eigenvalue weighted by atomic mass is 9.80. The van der Waals surface area contributed by atoms with Crippen molar-refractivity contribution >= 4 is 0 Å². The second-order valence-electron chi connectivity index (χ2n) is 6.33. The lowest BCUT2D eigenvalue weighted by Gasteiger charge is -2.50. The molecule has 0 bridgehead atoms. The Bertz CT molecular complexity index is 280. The van der Waals surface area contributed by atoms with Gasteiger partial charge in [0.2, 0.25) is 0 Å². The fourth-order valence-corrected chi connectivity index (χ4v) is 3.71. The largest absolute Gasteiger partial charge is 0.366 e. The van der Waals surface area contributed by atoms with Crippen LogP contribution in [-0.2, 0) is 4.74 Å². The molecule has 1 heterocycles. The molecule has 3 aliphatic rings. The third-order valence-electron chi connectivity index (χ3n) is 5.02. The molecule has 2 saturated carbocycles. The van der Waals surface area contributed by atoms with Crippen molar-refractivity contribution in [2.24, 2.45) is 0 Å². The summed E-state index contributed by atoms with van der Waals surface area (Å²) in [5, 5.41) is 3.42. The molecule has 3 heteroatoms. The smallest absolute Gasteiger partial charge is 0.0819 e. The lowest BCUT2D eigenvalue weighted by Crippen LogP contribution is -2.58. The number of rotatable bonds is 2. The van der Waals surface area contributed by atoms with Crippen LogP contribution in [0.25, 0.3) is 0 Å². The summed E-state index contributed by atoms with van der Waals surface area (Å²) in [6.45, 7) is 5.82. The minimum atomic E-state index is 0.193. The topological polar surface area (TPSA) is 24.5 Å². The van der Waals surface area contributed by atoms with Crippen molar-refractivity contribution in [3.05, 3.63) is 0 Å². The first-order valence-corrected chi connectivity index (χ1v) is 7.29. The van der Waals surface area contributed by atoms with Gasteiger partial charge in [0.25, 0.3) is 0 Å². The Hall–Kier alpha value is -0.120. The van der Waals surface area contributed by atoms with Crippen LogP contribution in [0.4, 0.5) is 0 Å². The fourth-order valence-electron chi connectivity index (χ4n) is 3.71. The van der Waals surface area contributed by atoms with E-state index in [4.69, 9.17) is 4.74 Å². The van der Waals surface area contributed by atoms with Gasteiger partial charge in [-0.05, 0) is 52.1 Å². The lowest BCUT2D eigenvalue weighted by molar-refractivity contribution is -0.183. The van der Waals surface area contributed by atoms with E-state index in [0.29, 0.717) is 0 Å². The van der Waals surface area contributed by atoms with Crippen LogP contribution >= 0.6 is 0 Å². The molecule has 0 aromatic rings. The van der Waals surface area contributed by atoms with Crippen molar-refractivity contribution in [2.45, 2.75) is 62.7 Å². The van der Waals surface area contributed by atoms with Crippen molar-refractivity contribution in [1.82, 2.24) is 10.2 Å². The van der Waals surface area contributed by atoms with Gasteiger partial charge in [-0.3, -0.25) is 4.90 Å². The zero-order chi connectivity index (χ0) is 11.9. The van der Waals surface area contributed by atoms with Crippen molar-refractivity contribution < 1.29 is 4.74 Å². The van der Waals surface area contributed by atoms with Crippen molar-refractivity contribution in [3.63, 3.8) is 0 Å². The maximum atomic E-state index is 6.57. The van der Waals surface area contributed by atoms with Crippen molar-refractivity contribution in [1.29, 1.82) is 0 Å². The SMILES string of the molecule is CCN1CC2(CC2)O[C@]2(CC[C@H](NC)CC2)C1. The normalized spacial score (nSPS) is 40.9. The highest BCUT2D eigenvalue weighted by Crippen LogP contribution is 2.50. The molecular formula is C14H26N2O. The molecule has 1 N–H and O–H groups in total. The van der Waals surface area contributed by atoms with E-state index in [1.807, 2.05) is 0 Å². The van der Waals surface area contributed by atoms with Gasteiger partial charge in [-0.25, -0.2) is 0 Å². The van der Waals surface area contributed by atoms with Crippen LogP contribution in [0.3, 0.4) is 0 Å². The molecule has 3 fully saturated rings. The van der Waals surface area contributed by atoms with Gasteiger partial charge in [0.1, 0.15) is 0 Å². The van der Waals surface area contributed by atoms with E-state index in [0.717, 1.165) is 6.04 Å². The summed E-state index contributed by atoms with van der Waals surface area (Å²) in [6, 6.07) is 0.719. The second kappa shape index (κ2) is 4.22. The van der Waals surface area contributed by atoms with E-state index < -0.39 is 0 Å². The Morgan fingerprint density at radius 2 is 1.71 bits per heavy atom. The molecule has 0 amide bonds. The Kier molecular flexibility index (Phi) is 2.96. The van der Waals surface area contributed by atoms with E-state index in [2.05, 4.69) is 24.2 Å². The van der Waals surface area contributed by atoms with Crippen LogP contribution in [0.5, 0.6) is 0 Å². The summed E-state index contributed by atoms with van der Waals surface area (Å²) in [6.07, 6.45) is 7.64. The van der Waals surface area contributed by atoms with Crippen molar-refractivity contribution in [3.8, 4) is 0 Å².